The van der Waals surface area contributed by atoms with Gasteiger partial charge in [-0.2, -0.15) is 0 Å². The normalized spacial score (nSPS) is 17.9. The van der Waals surface area contributed by atoms with Crippen molar-refractivity contribution in [3.63, 3.8) is 0 Å². The molecule has 0 unspecified atom stereocenters. The minimum atomic E-state index is -0.908. The number of benzene rings is 1. The van der Waals surface area contributed by atoms with Crippen LogP contribution in [0.3, 0.4) is 0 Å². The van der Waals surface area contributed by atoms with Gasteiger partial charge in [-0.1, -0.05) is 0 Å². The standard InChI is InChI=1S/C15H19NO5/c1-20-12-5-10(6-13(8-12)21-2)3-4-16-9-11(15(18)19)7-14(16)17/h5-6,8,11H,3-4,7,9H2,1-2H3,(H,18,19)/t11-/m0/s1. The second-order valence-corrected chi connectivity index (χ2v) is 5.05. The minimum Gasteiger partial charge on any atom is -0.497 e. The number of rotatable bonds is 6. The molecule has 114 valence electrons. The molecule has 0 radical (unpaired) electrons. The molecule has 0 spiro atoms. The number of carbonyl (C=O) groups is 2. The highest BCUT2D eigenvalue weighted by molar-refractivity contribution is 5.86. The molecule has 6 heteroatoms. The number of carboxylic acid groups (broad SMARTS) is 1. The average Bonchev–Trinajstić information content (AvgIpc) is 2.86. The molecule has 0 aliphatic carbocycles. The number of hydrogen-bond donors (Lipinski definition) is 1. The lowest BCUT2D eigenvalue weighted by Gasteiger charge is -2.16. The molecule has 1 heterocycles. The van der Waals surface area contributed by atoms with Crippen LogP contribution < -0.4 is 9.47 Å². The summed E-state index contributed by atoms with van der Waals surface area (Å²) in [6, 6.07) is 5.56. The van der Waals surface area contributed by atoms with Gasteiger partial charge < -0.3 is 19.5 Å². The van der Waals surface area contributed by atoms with Gasteiger partial charge in [0.2, 0.25) is 5.91 Å². The van der Waals surface area contributed by atoms with Crippen molar-refractivity contribution in [3.8, 4) is 11.5 Å². The van der Waals surface area contributed by atoms with Crippen LogP contribution in [0.1, 0.15) is 12.0 Å². The van der Waals surface area contributed by atoms with Crippen molar-refractivity contribution in [3.05, 3.63) is 23.8 Å². The Morgan fingerprint density at radius 1 is 1.29 bits per heavy atom. The summed E-state index contributed by atoms with van der Waals surface area (Å²) in [6.45, 7) is 0.786. The summed E-state index contributed by atoms with van der Waals surface area (Å²) in [5, 5.41) is 8.96. The van der Waals surface area contributed by atoms with E-state index < -0.39 is 11.9 Å². The molecule has 1 amide bonds. The van der Waals surface area contributed by atoms with Crippen LogP contribution in [0.5, 0.6) is 11.5 Å². The number of ether oxygens (including phenoxy) is 2. The van der Waals surface area contributed by atoms with Gasteiger partial charge in [0.25, 0.3) is 0 Å². The first-order chi connectivity index (χ1) is 10.0. The lowest BCUT2D eigenvalue weighted by molar-refractivity contribution is -0.141. The molecular weight excluding hydrogens is 274 g/mol. The van der Waals surface area contributed by atoms with Crippen molar-refractivity contribution < 1.29 is 24.2 Å². The van der Waals surface area contributed by atoms with Crippen LogP contribution in [0.4, 0.5) is 0 Å². The van der Waals surface area contributed by atoms with E-state index in [1.807, 2.05) is 12.1 Å². The molecule has 1 aliphatic heterocycles. The van der Waals surface area contributed by atoms with Crippen LogP contribution in [0, 0.1) is 5.92 Å². The van der Waals surface area contributed by atoms with Crippen LogP contribution in [0.15, 0.2) is 18.2 Å². The first kappa shape index (κ1) is 15.2. The van der Waals surface area contributed by atoms with Gasteiger partial charge in [-0.05, 0) is 24.1 Å². The minimum absolute atomic E-state index is 0.0940. The van der Waals surface area contributed by atoms with E-state index >= 15 is 0 Å². The van der Waals surface area contributed by atoms with Gasteiger partial charge in [-0.3, -0.25) is 9.59 Å². The molecule has 1 saturated heterocycles. The Morgan fingerprint density at radius 3 is 2.38 bits per heavy atom. The molecule has 6 nitrogen and oxygen atoms in total. The molecule has 1 aromatic carbocycles. The van der Waals surface area contributed by atoms with Crippen molar-refractivity contribution in [1.29, 1.82) is 0 Å². The molecule has 1 atom stereocenters. The molecule has 1 fully saturated rings. The molecular formula is C15H19NO5. The Morgan fingerprint density at radius 2 is 1.90 bits per heavy atom. The van der Waals surface area contributed by atoms with Crippen molar-refractivity contribution in [2.24, 2.45) is 5.92 Å². The SMILES string of the molecule is COc1cc(CCN2C[C@@H](C(=O)O)CC2=O)cc(OC)c1. The lowest BCUT2D eigenvalue weighted by atomic mass is 10.1. The topological polar surface area (TPSA) is 76.1 Å². The zero-order valence-electron chi connectivity index (χ0n) is 12.2. The summed E-state index contributed by atoms with van der Waals surface area (Å²) in [5.41, 5.74) is 0.984. The van der Waals surface area contributed by atoms with E-state index in [0.29, 0.717) is 24.5 Å². The fourth-order valence-corrected chi connectivity index (χ4v) is 2.43. The first-order valence-electron chi connectivity index (χ1n) is 6.76. The predicted octanol–water partition coefficient (Wildman–Crippen LogP) is 1.18. The van der Waals surface area contributed by atoms with Crippen LogP contribution in [0.2, 0.25) is 0 Å². The molecule has 21 heavy (non-hydrogen) atoms. The molecule has 0 aromatic heterocycles. The first-order valence-corrected chi connectivity index (χ1v) is 6.76. The van der Waals surface area contributed by atoms with Crippen LogP contribution in [-0.4, -0.2) is 49.2 Å². The lowest BCUT2D eigenvalue weighted by Crippen LogP contribution is -2.28. The summed E-state index contributed by atoms with van der Waals surface area (Å²) in [7, 11) is 3.17. The number of carbonyl (C=O) groups excluding carboxylic acids is 1. The van der Waals surface area contributed by atoms with Crippen molar-refractivity contribution in [2.75, 3.05) is 27.3 Å². The summed E-state index contributed by atoms with van der Waals surface area (Å²) >= 11 is 0. The number of methoxy groups -OCH3 is 2. The number of nitrogens with zero attached hydrogens (tertiary/aromatic N) is 1. The van der Waals surface area contributed by atoms with E-state index in [-0.39, 0.29) is 18.9 Å². The van der Waals surface area contributed by atoms with Crippen LogP contribution >= 0.6 is 0 Å². The number of amides is 1. The largest absolute Gasteiger partial charge is 0.497 e. The third-order valence-electron chi connectivity index (χ3n) is 3.65. The van der Waals surface area contributed by atoms with E-state index in [1.165, 1.54) is 0 Å². The van der Waals surface area contributed by atoms with Crippen molar-refractivity contribution in [1.82, 2.24) is 4.90 Å². The maximum atomic E-state index is 11.8. The smallest absolute Gasteiger partial charge is 0.308 e. The number of likely N-dealkylation sites (tertiary alicyclic amines) is 1. The van der Waals surface area contributed by atoms with E-state index in [4.69, 9.17) is 14.6 Å². The van der Waals surface area contributed by atoms with Crippen LogP contribution in [0.25, 0.3) is 0 Å². The second kappa shape index (κ2) is 6.47. The monoisotopic (exact) mass is 293 g/mol. The maximum Gasteiger partial charge on any atom is 0.308 e. The number of carboxylic acids is 1. The molecule has 1 N–H and O–H groups in total. The fraction of sp³-hybridized carbons (Fsp3) is 0.467. The maximum absolute atomic E-state index is 11.8. The van der Waals surface area contributed by atoms with Gasteiger partial charge in [-0.15, -0.1) is 0 Å². The fourth-order valence-electron chi connectivity index (χ4n) is 2.43. The third-order valence-corrected chi connectivity index (χ3v) is 3.65. The zero-order valence-corrected chi connectivity index (χ0v) is 12.2. The highest BCUT2D eigenvalue weighted by Crippen LogP contribution is 2.24. The average molecular weight is 293 g/mol. The molecule has 0 bridgehead atoms. The predicted molar refractivity (Wildman–Crippen MR) is 75.6 cm³/mol. The van der Waals surface area contributed by atoms with Crippen molar-refractivity contribution in [2.45, 2.75) is 12.8 Å². The van der Waals surface area contributed by atoms with Gasteiger partial charge in [0.15, 0.2) is 0 Å². The molecule has 2 rings (SSSR count). The van der Waals surface area contributed by atoms with Gasteiger partial charge in [0.1, 0.15) is 11.5 Å². The zero-order chi connectivity index (χ0) is 15.4. The Hall–Kier alpha value is -2.24. The van der Waals surface area contributed by atoms with Crippen molar-refractivity contribution >= 4 is 11.9 Å². The Labute approximate surface area is 123 Å². The summed E-state index contributed by atoms with van der Waals surface area (Å²) in [4.78, 5) is 24.3. The van der Waals surface area contributed by atoms with Gasteiger partial charge in [0.05, 0.1) is 20.1 Å². The molecule has 1 aliphatic rings. The second-order valence-electron chi connectivity index (χ2n) is 5.05. The Kier molecular flexibility index (Phi) is 4.67. The number of hydrogen-bond acceptors (Lipinski definition) is 4. The Bertz CT molecular complexity index is 521. The van der Waals surface area contributed by atoms with Gasteiger partial charge >= 0.3 is 5.97 Å². The third kappa shape index (κ3) is 3.65. The van der Waals surface area contributed by atoms with Crippen LogP contribution in [-0.2, 0) is 16.0 Å². The Balaban J connectivity index is 2.00. The molecule has 0 saturated carbocycles. The number of aliphatic carboxylic acids is 1. The summed E-state index contributed by atoms with van der Waals surface area (Å²) in [5.74, 6) is -0.204. The van der Waals surface area contributed by atoms with Gasteiger partial charge in [0, 0.05) is 25.6 Å². The summed E-state index contributed by atoms with van der Waals surface area (Å²) in [6.07, 6.45) is 0.725. The van der Waals surface area contributed by atoms with Gasteiger partial charge in [-0.25, -0.2) is 0 Å². The van der Waals surface area contributed by atoms with E-state index in [0.717, 1.165) is 5.56 Å². The van der Waals surface area contributed by atoms with E-state index in [1.54, 1.807) is 25.2 Å². The highest BCUT2D eigenvalue weighted by atomic mass is 16.5. The van der Waals surface area contributed by atoms with E-state index in [2.05, 4.69) is 0 Å². The summed E-state index contributed by atoms with van der Waals surface area (Å²) < 4.78 is 10.4. The van der Waals surface area contributed by atoms with E-state index in [9.17, 15) is 9.59 Å². The quantitative estimate of drug-likeness (QED) is 0.852. The highest BCUT2D eigenvalue weighted by Gasteiger charge is 2.33. The molecule has 1 aromatic rings.